The van der Waals surface area contributed by atoms with Crippen LogP contribution in [0, 0.1) is 24.1 Å². The maximum Gasteiger partial charge on any atom is 2.00 e. The Morgan fingerprint density at radius 2 is 2.00 bits per heavy atom. The molecule has 0 aliphatic carbocycles. The molecule has 1 rings (SSSR count). The summed E-state index contributed by atoms with van der Waals surface area (Å²) in [6.07, 6.45) is 0. The van der Waals surface area contributed by atoms with E-state index in [0.29, 0.717) is 5.56 Å². The number of halogens is 2. The van der Waals surface area contributed by atoms with E-state index in [1.54, 1.807) is 0 Å². The molecular formula is C8H5BrFNZn. The number of nitrogens with zero attached hydrogens (tertiary/aromatic N) is 1. The molecule has 58 valence electrons. The quantitative estimate of drug-likeness (QED) is 0.436. The second kappa shape index (κ2) is 6.17. The van der Waals surface area contributed by atoms with Crippen LogP contribution in [0.2, 0.25) is 0 Å². The van der Waals surface area contributed by atoms with Crippen molar-refractivity contribution in [3.05, 3.63) is 42.1 Å². The Hall–Kier alpha value is -0.387. The Kier molecular flexibility index (Phi) is 7.27. The molecule has 1 aromatic rings. The number of nitriles is 1. The van der Waals surface area contributed by atoms with Crippen molar-refractivity contribution in [1.82, 2.24) is 0 Å². The van der Waals surface area contributed by atoms with Crippen molar-refractivity contribution in [2.75, 3.05) is 0 Å². The standard InChI is InChI=1S/C8H5FN.BrH.Zn/c1-6-4-7(5-10)2-3-8(6)9;;/h2-4H,1H2;1H;/q-1;;+2/p-1. The second-order valence-electron chi connectivity index (χ2n) is 1.92. The zero-order chi connectivity index (χ0) is 7.56. The fourth-order valence-electron chi connectivity index (χ4n) is 0.644. The second-order valence-corrected chi connectivity index (χ2v) is 1.92. The van der Waals surface area contributed by atoms with Gasteiger partial charge in [-0.1, -0.05) is 12.1 Å². The van der Waals surface area contributed by atoms with Crippen molar-refractivity contribution in [3.63, 3.8) is 0 Å². The largest absolute Gasteiger partial charge is 2.00 e. The molecule has 0 amide bonds. The smallest absolute Gasteiger partial charge is 1.00 e. The van der Waals surface area contributed by atoms with Crippen LogP contribution in [0.5, 0.6) is 0 Å². The molecule has 0 aliphatic rings. The molecule has 4 heteroatoms. The SMILES string of the molecule is [Br-].[CH2-]c1cc(C#N)ccc1F.[Zn+2]. The van der Waals surface area contributed by atoms with Crippen molar-refractivity contribution >= 4 is 0 Å². The van der Waals surface area contributed by atoms with E-state index in [9.17, 15) is 4.39 Å². The molecule has 0 saturated heterocycles. The third-order valence-electron chi connectivity index (χ3n) is 1.17. The van der Waals surface area contributed by atoms with Gasteiger partial charge in [-0.25, -0.2) is 0 Å². The third kappa shape index (κ3) is 3.34. The summed E-state index contributed by atoms with van der Waals surface area (Å²) < 4.78 is 12.5. The van der Waals surface area contributed by atoms with Crippen LogP contribution in [0.3, 0.4) is 0 Å². The summed E-state index contributed by atoms with van der Waals surface area (Å²) >= 11 is 0. The molecule has 0 saturated carbocycles. The van der Waals surface area contributed by atoms with E-state index in [1.807, 2.05) is 6.07 Å². The van der Waals surface area contributed by atoms with Crippen LogP contribution in [0.25, 0.3) is 0 Å². The van der Waals surface area contributed by atoms with E-state index in [0.717, 1.165) is 0 Å². The minimum atomic E-state index is -0.376. The number of hydrogen-bond donors (Lipinski definition) is 0. The van der Waals surface area contributed by atoms with Crippen LogP contribution in [-0.4, -0.2) is 0 Å². The van der Waals surface area contributed by atoms with Gasteiger partial charge < -0.3 is 17.0 Å². The number of hydrogen-bond acceptors (Lipinski definition) is 1. The molecule has 0 atom stereocenters. The first-order valence-corrected chi connectivity index (χ1v) is 2.75. The molecule has 1 aromatic carbocycles. The topological polar surface area (TPSA) is 23.8 Å². The van der Waals surface area contributed by atoms with Crippen LogP contribution >= 0.6 is 0 Å². The van der Waals surface area contributed by atoms with Gasteiger partial charge in [0.1, 0.15) is 0 Å². The monoisotopic (exact) mass is 277 g/mol. The minimum Gasteiger partial charge on any atom is -1.00 e. The molecule has 0 spiro atoms. The van der Waals surface area contributed by atoms with Crippen LogP contribution < -0.4 is 17.0 Å². The zero-order valence-corrected chi connectivity index (χ0v) is 10.9. The van der Waals surface area contributed by atoms with Gasteiger partial charge in [-0.3, -0.25) is 4.39 Å². The van der Waals surface area contributed by atoms with Crippen LogP contribution in [0.1, 0.15) is 11.1 Å². The van der Waals surface area contributed by atoms with E-state index in [-0.39, 0.29) is 47.8 Å². The van der Waals surface area contributed by atoms with Crippen molar-refractivity contribution in [1.29, 1.82) is 5.26 Å². The molecule has 0 fully saturated rings. The van der Waals surface area contributed by atoms with Gasteiger partial charge in [-0.2, -0.15) is 17.7 Å². The van der Waals surface area contributed by atoms with Gasteiger partial charge in [0.05, 0.1) is 6.07 Å². The van der Waals surface area contributed by atoms with E-state index in [4.69, 9.17) is 5.26 Å². The first-order valence-electron chi connectivity index (χ1n) is 2.75. The Morgan fingerprint density at radius 3 is 2.42 bits per heavy atom. The van der Waals surface area contributed by atoms with Gasteiger partial charge in [-0.05, 0) is 5.56 Å². The Balaban J connectivity index is 0. The molecule has 0 radical (unpaired) electrons. The minimum absolute atomic E-state index is 0. The normalized spacial score (nSPS) is 7.33. The van der Waals surface area contributed by atoms with Crippen LogP contribution in [-0.2, 0) is 19.5 Å². The molecular weight excluding hydrogens is 274 g/mol. The van der Waals surface area contributed by atoms with Gasteiger partial charge in [0, 0.05) is 5.82 Å². The molecule has 1 nitrogen and oxygen atoms in total. The van der Waals surface area contributed by atoms with Gasteiger partial charge in [-0.15, -0.1) is 6.07 Å². The Morgan fingerprint density at radius 1 is 1.42 bits per heavy atom. The summed E-state index contributed by atoms with van der Waals surface area (Å²) in [6, 6.07) is 5.96. The molecule has 0 heterocycles. The fraction of sp³-hybridized carbons (Fsp3) is 0. The van der Waals surface area contributed by atoms with Crippen molar-refractivity contribution in [2.45, 2.75) is 0 Å². The summed E-state index contributed by atoms with van der Waals surface area (Å²) in [5, 5.41) is 8.35. The van der Waals surface area contributed by atoms with E-state index in [2.05, 4.69) is 6.92 Å². The summed E-state index contributed by atoms with van der Waals surface area (Å²) in [6.45, 7) is 3.40. The molecule has 0 aromatic heterocycles. The molecule has 12 heavy (non-hydrogen) atoms. The van der Waals surface area contributed by atoms with Crippen molar-refractivity contribution in [2.24, 2.45) is 0 Å². The Bertz CT molecular complexity index is 296. The van der Waals surface area contributed by atoms with E-state index in [1.165, 1.54) is 18.2 Å². The fourth-order valence-corrected chi connectivity index (χ4v) is 0.644. The maximum absolute atomic E-state index is 12.5. The van der Waals surface area contributed by atoms with Gasteiger partial charge in [0.25, 0.3) is 0 Å². The first-order chi connectivity index (χ1) is 4.74. The predicted molar refractivity (Wildman–Crippen MR) is 35.6 cm³/mol. The van der Waals surface area contributed by atoms with Gasteiger partial charge >= 0.3 is 19.5 Å². The molecule has 0 bridgehead atoms. The molecule has 0 unspecified atom stereocenters. The molecule has 0 aliphatic heterocycles. The first kappa shape index (κ1) is 14.2. The average Bonchev–Trinajstić information content (AvgIpc) is 1.95. The number of rotatable bonds is 0. The maximum atomic E-state index is 12.5. The van der Waals surface area contributed by atoms with Crippen LogP contribution in [0.4, 0.5) is 4.39 Å². The third-order valence-corrected chi connectivity index (χ3v) is 1.17. The van der Waals surface area contributed by atoms with Gasteiger partial charge in [0.2, 0.25) is 0 Å². The molecule has 0 N–H and O–H groups in total. The summed E-state index contributed by atoms with van der Waals surface area (Å²) in [5.74, 6) is -0.376. The van der Waals surface area contributed by atoms with Crippen LogP contribution in [0.15, 0.2) is 18.2 Å². The van der Waals surface area contributed by atoms with Gasteiger partial charge in [0.15, 0.2) is 0 Å². The summed E-state index contributed by atoms with van der Waals surface area (Å²) in [7, 11) is 0. The Labute approximate surface area is 94.1 Å². The predicted octanol–water partition coefficient (Wildman–Crippen LogP) is -1.12. The van der Waals surface area contributed by atoms with E-state index >= 15 is 0 Å². The summed E-state index contributed by atoms with van der Waals surface area (Å²) in [5.41, 5.74) is 0.699. The van der Waals surface area contributed by atoms with Crippen molar-refractivity contribution < 1.29 is 40.8 Å². The zero-order valence-electron chi connectivity index (χ0n) is 6.35. The number of benzene rings is 1. The average molecular weight is 279 g/mol. The van der Waals surface area contributed by atoms with E-state index < -0.39 is 0 Å². The van der Waals surface area contributed by atoms with Crippen molar-refractivity contribution in [3.8, 4) is 6.07 Å². The summed E-state index contributed by atoms with van der Waals surface area (Å²) in [4.78, 5) is 0.